The molecule has 0 bridgehead atoms. The number of amides is 1. The van der Waals surface area contributed by atoms with Gasteiger partial charge in [0, 0.05) is 18.7 Å². The standard InChI is InChI=1S/C16H23NO2/c1-12-6-5-9-17(11-12)15(18)13-7-4-8-14(10-13)16(2,3)19/h4,7-8,10,12,19H,5-6,9,11H2,1-3H3. The van der Waals surface area contributed by atoms with E-state index in [1.807, 2.05) is 29.2 Å². The highest BCUT2D eigenvalue weighted by molar-refractivity contribution is 5.94. The van der Waals surface area contributed by atoms with Gasteiger partial charge in [-0.05, 0) is 50.3 Å². The topological polar surface area (TPSA) is 40.5 Å². The number of benzene rings is 1. The predicted molar refractivity (Wildman–Crippen MR) is 76.0 cm³/mol. The van der Waals surface area contributed by atoms with Gasteiger partial charge in [-0.1, -0.05) is 19.1 Å². The van der Waals surface area contributed by atoms with Crippen LogP contribution in [0, 0.1) is 5.92 Å². The first kappa shape index (κ1) is 14.1. The largest absolute Gasteiger partial charge is 0.386 e. The summed E-state index contributed by atoms with van der Waals surface area (Å²) in [7, 11) is 0. The molecule has 3 nitrogen and oxygen atoms in total. The molecule has 0 saturated carbocycles. The Balaban J connectivity index is 2.19. The highest BCUT2D eigenvalue weighted by Crippen LogP contribution is 2.22. The summed E-state index contributed by atoms with van der Waals surface area (Å²) in [6.45, 7) is 7.34. The van der Waals surface area contributed by atoms with Crippen LogP contribution in [0.1, 0.15) is 49.5 Å². The average Bonchev–Trinajstić information content (AvgIpc) is 2.37. The third-order valence-electron chi connectivity index (χ3n) is 3.76. The number of carbonyl (C=O) groups excluding carboxylic acids is 1. The van der Waals surface area contributed by atoms with E-state index in [9.17, 15) is 9.90 Å². The van der Waals surface area contributed by atoms with Crippen LogP contribution in [-0.4, -0.2) is 29.0 Å². The van der Waals surface area contributed by atoms with Gasteiger partial charge < -0.3 is 10.0 Å². The fourth-order valence-electron chi connectivity index (χ4n) is 2.59. The molecule has 1 fully saturated rings. The van der Waals surface area contributed by atoms with Crippen molar-refractivity contribution in [3.05, 3.63) is 35.4 Å². The highest BCUT2D eigenvalue weighted by Gasteiger charge is 2.23. The van der Waals surface area contributed by atoms with E-state index >= 15 is 0 Å². The molecule has 1 unspecified atom stereocenters. The first-order valence-electron chi connectivity index (χ1n) is 7.00. The van der Waals surface area contributed by atoms with Gasteiger partial charge in [-0.25, -0.2) is 0 Å². The van der Waals surface area contributed by atoms with Crippen LogP contribution in [-0.2, 0) is 5.60 Å². The lowest BCUT2D eigenvalue weighted by Crippen LogP contribution is -2.39. The van der Waals surface area contributed by atoms with Gasteiger partial charge in [0.15, 0.2) is 0 Å². The zero-order chi connectivity index (χ0) is 14.0. The van der Waals surface area contributed by atoms with Crippen LogP contribution in [0.4, 0.5) is 0 Å². The van der Waals surface area contributed by atoms with Gasteiger partial charge in [-0.3, -0.25) is 4.79 Å². The average molecular weight is 261 g/mol. The normalized spacial score (nSPS) is 20.4. The van der Waals surface area contributed by atoms with Crippen LogP contribution in [0.15, 0.2) is 24.3 Å². The molecule has 1 aromatic carbocycles. The Morgan fingerprint density at radius 1 is 1.42 bits per heavy atom. The van der Waals surface area contributed by atoms with Crippen LogP contribution in [0.25, 0.3) is 0 Å². The molecule has 19 heavy (non-hydrogen) atoms. The molecule has 2 rings (SSSR count). The molecule has 3 heteroatoms. The summed E-state index contributed by atoms with van der Waals surface area (Å²) in [4.78, 5) is 14.4. The van der Waals surface area contributed by atoms with Crippen molar-refractivity contribution in [2.24, 2.45) is 5.92 Å². The first-order chi connectivity index (χ1) is 8.88. The minimum Gasteiger partial charge on any atom is -0.386 e. The molecule has 1 saturated heterocycles. The van der Waals surface area contributed by atoms with Crippen molar-refractivity contribution in [1.29, 1.82) is 0 Å². The SMILES string of the molecule is CC1CCCN(C(=O)c2cccc(C(C)(C)O)c2)C1. The molecular formula is C16H23NO2. The van der Waals surface area contributed by atoms with E-state index in [0.717, 1.165) is 25.1 Å². The summed E-state index contributed by atoms with van der Waals surface area (Å²) < 4.78 is 0. The molecule has 1 aromatic rings. The van der Waals surface area contributed by atoms with Gasteiger partial charge in [0.1, 0.15) is 0 Å². The monoisotopic (exact) mass is 261 g/mol. The van der Waals surface area contributed by atoms with Gasteiger partial charge in [0.2, 0.25) is 0 Å². The number of hydrogen-bond donors (Lipinski definition) is 1. The van der Waals surface area contributed by atoms with Gasteiger partial charge in [0.25, 0.3) is 5.91 Å². The van der Waals surface area contributed by atoms with E-state index in [-0.39, 0.29) is 5.91 Å². The first-order valence-corrected chi connectivity index (χ1v) is 7.00. The van der Waals surface area contributed by atoms with Crippen molar-refractivity contribution in [3.63, 3.8) is 0 Å². The summed E-state index contributed by atoms with van der Waals surface area (Å²) in [6, 6.07) is 7.34. The number of carbonyl (C=O) groups is 1. The molecule has 0 aromatic heterocycles. The quantitative estimate of drug-likeness (QED) is 0.889. The number of piperidine rings is 1. The Morgan fingerprint density at radius 2 is 2.16 bits per heavy atom. The zero-order valence-corrected chi connectivity index (χ0v) is 12.0. The van der Waals surface area contributed by atoms with Crippen molar-refractivity contribution in [2.75, 3.05) is 13.1 Å². The van der Waals surface area contributed by atoms with E-state index in [1.165, 1.54) is 6.42 Å². The number of likely N-dealkylation sites (tertiary alicyclic amines) is 1. The molecule has 1 atom stereocenters. The molecular weight excluding hydrogens is 238 g/mol. The second-order valence-electron chi connectivity index (χ2n) is 6.14. The summed E-state index contributed by atoms with van der Waals surface area (Å²) in [5, 5.41) is 10.0. The number of rotatable bonds is 2. The third-order valence-corrected chi connectivity index (χ3v) is 3.76. The lowest BCUT2D eigenvalue weighted by atomic mass is 9.95. The van der Waals surface area contributed by atoms with Gasteiger partial charge in [-0.15, -0.1) is 0 Å². The summed E-state index contributed by atoms with van der Waals surface area (Å²) in [5.74, 6) is 0.660. The zero-order valence-electron chi connectivity index (χ0n) is 12.0. The van der Waals surface area contributed by atoms with Crippen LogP contribution >= 0.6 is 0 Å². The molecule has 1 aliphatic rings. The maximum Gasteiger partial charge on any atom is 0.253 e. The van der Waals surface area contributed by atoms with E-state index in [4.69, 9.17) is 0 Å². The molecule has 0 radical (unpaired) electrons. The number of nitrogens with zero attached hydrogens (tertiary/aromatic N) is 1. The Labute approximate surface area is 115 Å². The summed E-state index contributed by atoms with van der Waals surface area (Å²) in [5.41, 5.74) is 0.544. The molecule has 1 N–H and O–H groups in total. The van der Waals surface area contributed by atoms with E-state index in [1.54, 1.807) is 13.8 Å². The second kappa shape index (κ2) is 5.33. The van der Waals surface area contributed by atoms with Crippen molar-refractivity contribution < 1.29 is 9.90 Å². The Kier molecular flexibility index (Phi) is 3.95. The second-order valence-corrected chi connectivity index (χ2v) is 6.14. The Hall–Kier alpha value is -1.35. The van der Waals surface area contributed by atoms with Gasteiger partial charge in [-0.2, -0.15) is 0 Å². The highest BCUT2D eigenvalue weighted by atomic mass is 16.3. The van der Waals surface area contributed by atoms with Crippen molar-refractivity contribution in [1.82, 2.24) is 4.90 Å². The minimum absolute atomic E-state index is 0.0812. The lowest BCUT2D eigenvalue weighted by Gasteiger charge is -2.31. The number of hydrogen-bond acceptors (Lipinski definition) is 2. The van der Waals surface area contributed by atoms with E-state index in [2.05, 4.69) is 6.92 Å². The lowest BCUT2D eigenvalue weighted by molar-refractivity contribution is 0.0679. The van der Waals surface area contributed by atoms with Crippen molar-refractivity contribution in [2.45, 2.75) is 39.2 Å². The van der Waals surface area contributed by atoms with Gasteiger partial charge in [0.05, 0.1) is 5.60 Å². The fraction of sp³-hybridized carbons (Fsp3) is 0.562. The summed E-state index contributed by atoms with van der Waals surface area (Å²) in [6.07, 6.45) is 2.28. The molecule has 1 amide bonds. The van der Waals surface area contributed by atoms with Crippen LogP contribution < -0.4 is 0 Å². The maximum absolute atomic E-state index is 12.5. The molecule has 1 aliphatic heterocycles. The summed E-state index contributed by atoms with van der Waals surface area (Å²) >= 11 is 0. The smallest absolute Gasteiger partial charge is 0.253 e. The fourth-order valence-corrected chi connectivity index (χ4v) is 2.59. The Bertz CT molecular complexity index is 462. The van der Waals surface area contributed by atoms with Gasteiger partial charge >= 0.3 is 0 Å². The third kappa shape index (κ3) is 3.35. The Morgan fingerprint density at radius 3 is 2.79 bits per heavy atom. The van der Waals surface area contributed by atoms with Crippen LogP contribution in [0.3, 0.4) is 0 Å². The van der Waals surface area contributed by atoms with Crippen LogP contribution in [0.5, 0.6) is 0 Å². The number of aliphatic hydroxyl groups is 1. The van der Waals surface area contributed by atoms with Crippen LogP contribution in [0.2, 0.25) is 0 Å². The molecule has 0 aliphatic carbocycles. The molecule has 104 valence electrons. The van der Waals surface area contributed by atoms with E-state index < -0.39 is 5.60 Å². The molecule has 0 spiro atoms. The molecule has 1 heterocycles. The van der Waals surface area contributed by atoms with Crippen molar-refractivity contribution in [3.8, 4) is 0 Å². The maximum atomic E-state index is 12.5. The van der Waals surface area contributed by atoms with Crippen molar-refractivity contribution >= 4 is 5.91 Å². The van der Waals surface area contributed by atoms with E-state index in [0.29, 0.717) is 11.5 Å². The minimum atomic E-state index is -0.911. The predicted octanol–water partition coefficient (Wildman–Crippen LogP) is 2.79.